The molecule has 3 heteroatoms. The van der Waals surface area contributed by atoms with Crippen molar-refractivity contribution in [3.8, 4) is 0 Å². The Morgan fingerprint density at radius 1 is 1.33 bits per heavy atom. The fourth-order valence-corrected chi connectivity index (χ4v) is 1.82. The molecule has 0 radical (unpaired) electrons. The molecule has 80 valence electrons. The Labute approximate surface area is 89.7 Å². The van der Waals surface area contributed by atoms with Gasteiger partial charge in [-0.2, -0.15) is 0 Å². The molecule has 0 atom stereocenters. The number of hydrogen-bond acceptors (Lipinski definition) is 2. The fourth-order valence-electron chi connectivity index (χ4n) is 1.82. The lowest BCUT2D eigenvalue weighted by molar-refractivity contribution is 0.0774. The minimum atomic E-state index is 0.652. The molecule has 0 unspecified atom stereocenters. The number of ether oxygens (including phenoxy) is 1. The second-order valence-electron chi connectivity index (χ2n) is 3.79. The van der Waals surface area contributed by atoms with E-state index >= 15 is 0 Å². The molecule has 0 saturated heterocycles. The van der Waals surface area contributed by atoms with Crippen LogP contribution in [-0.4, -0.2) is 30.8 Å². The lowest BCUT2D eigenvalue weighted by Crippen LogP contribution is -2.19. The number of benzene rings is 1. The van der Waals surface area contributed by atoms with Crippen LogP contribution in [0.3, 0.4) is 0 Å². The summed E-state index contributed by atoms with van der Waals surface area (Å²) in [4.78, 5) is 5.40. The van der Waals surface area contributed by atoms with Crippen LogP contribution in [0.2, 0.25) is 0 Å². The van der Waals surface area contributed by atoms with Gasteiger partial charge < -0.3 is 9.72 Å². The van der Waals surface area contributed by atoms with Gasteiger partial charge >= 0.3 is 0 Å². The summed E-state index contributed by atoms with van der Waals surface area (Å²) in [6.07, 6.45) is 2.07. The van der Waals surface area contributed by atoms with Crippen molar-refractivity contribution in [3.05, 3.63) is 36.0 Å². The number of methoxy groups -OCH3 is 1. The van der Waals surface area contributed by atoms with Crippen LogP contribution < -0.4 is 0 Å². The van der Waals surface area contributed by atoms with Crippen molar-refractivity contribution in [2.24, 2.45) is 0 Å². The lowest BCUT2D eigenvalue weighted by Gasteiger charge is -2.14. The molecule has 0 aliphatic rings. The molecule has 1 heterocycles. The van der Waals surface area contributed by atoms with Crippen LogP contribution in [0.15, 0.2) is 30.5 Å². The van der Waals surface area contributed by atoms with Crippen molar-refractivity contribution in [1.82, 2.24) is 9.88 Å². The van der Waals surface area contributed by atoms with Crippen LogP contribution in [-0.2, 0) is 11.3 Å². The SMILES string of the molecule is COCN(C)Cc1c[nH]c2ccccc12. The largest absolute Gasteiger partial charge is 0.369 e. The molecule has 0 spiro atoms. The van der Waals surface area contributed by atoms with Crippen molar-refractivity contribution in [3.63, 3.8) is 0 Å². The summed E-state index contributed by atoms with van der Waals surface area (Å²) in [6, 6.07) is 8.34. The first-order valence-corrected chi connectivity index (χ1v) is 5.03. The summed E-state index contributed by atoms with van der Waals surface area (Å²) in [5.74, 6) is 0. The Bertz CT molecular complexity index is 436. The maximum absolute atomic E-state index is 5.08. The van der Waals surface area contributed by atoms with Gasteiger partial charge in [0.2, 0.25) is 0 Å². The Hall–Kier alpha value is -1.32. The van der Waals surface area contributed by atoms with Crippen LogP contribution in [0.4, 0.5) is 0 Å². The predicted octanol–water partition coefficient (Wildman–Crippen LogP) is 2.20. The van der Waals surface area contributed by atoms with Crippen molar-refractivity contribution >= 4 is 10.9 Å². The number of nitrogens with one attached hydrogen (secondary N) is 1. The normalized spacial score (nSPS) is 11.4. The maximum atomic E-state index is 5.08. The van der Waals surface area contributed by atoms with E-state index in [1.54, 1.807) is 7.11 Å². The minimum Gasteiger partial charge on any atom is -0.369 e. The summed E-state index contributed by atoms with van der Waals surface area (Å²) >= 11 is 0. The molecule has 2 rings (SSSR count). The molecule has 1 aromatic heterocycles. The van der Waals surface area contributed by atoms with E-state index in [9.17, 15) is 0 Å². The summed E-state index contributed by atoms with van der Waals surface area (Å²) in [5, 5.41) is 1.29. The predicted molar refractivity (Wildman–Crippen MR) is 61.6 cm³/mol. The van der Waals surface area contributed by atoms with Gasteiger partial charge in [-0.15, -0.1) is 0 Å². The first kappa shape index (κ1) is 10.2. The van der Waals surface area contributed by atoms with Crippen LogP contribution in [0.25, 0.3) is 10.9 Å². The molecule has 2 aromatic rings. The Morgan fingerprint density at radius 3 is 2.93 bits per heavy atom. The molecule has 0 saturated carbocycles. The van der Waals surface area contributed by atoms with Crippen molar-refractivity contribution in [2.75, 3.05) is 20.9 Å². The zero-order valence-corrected chi connectivity index (χ0v) is 9.16. The smallest absolute Gasteiger partial charge is 0.0986 e. The van der Waals surface area contributed by atoms with Crippen LogP contribution in [0.1, 0.15) is 5.56 Å². The molecule has 1 aromatic carbocycles. The van der Waals surface area contributed by atoms with Gasteiger partial charge in [-0.1, -0.05) is 18.2 Å². The highest BCUT2D eigenvalue weighted by molar-refractivity contribution is 5.82. The molecular weight excluding hydrogens is 188 g/mol. The third-order valence-corrected chi connectivity index (χ3v) is 2.46. The average molecular weight is 204 g/mol. The summed E-state index contributed by atoms with van der Waals surface area (Å²) in [5.41, 5.74) is 2.50. The van der Waals surface area contributed by atoms with E-state index in [2.05, 4.69) is 34.3 Å². The molecule has 15 heavy (non-hydrogen) atoms. The first-order chi connectivity index (χ1) is 7.31. The van der Waals surface area contributed by atoms with E-state index in [1.807, 2.05) is 13.1 Å². The van der Waals surface area contributed by atoms with Crippen molar-refractivity contribution in [1.29, 1.82) is 0 Å². The molecule has 0 fully saturated rings. The van der Waals surface area contributed by atoms with Crippen LogP contribution in [0.5, 0.6) is 0 Å². The number of fused-ring (bicyclic) bond motifs is 1. The van der Waals surface area contributed by atoms with E-state index < -0.39 is 0 Å². The molecule has 0 bridgehead atoms. The van der Waals surface area contributed by atoms with E-state index in [0.29, 0.717) is 6.73 Å². The van der Waals surface area contributed by atoms with Gasteiger partial charge in [0, 0.05) is 30.8 Å². The first-order valence-electron chi connectivity index (χ1n) is 5.03. The molecule has 0 aliphatic heterocycles. The zero-order chi connectivity index (χ0) is 10.7. The fraction of sp³-hybridized carbons (Fsp3) is 0.333. The van der Waals surface area contributed by atoms with E-state index in [-0.39, 0.29) is 0 Å². The van der Waals surface area contributed by atoms with Gasteiger partial charge in [0.05, 0.1) is 6.73 Å². The number of aromatic amines is 1. The van der Waals surface area contributed by atoms with Gasteiger partial charge in [0.1, 0.15) is 0 Å². The van der Waals surface area contributed by atoms with Gasteiger partial charge in [-0.3, -0.25) is 4.90 Å². The average Bonchev–Trinajstić information content (AvgIpc) is 2.62. The monoisotopic (exact) mass is 204 g/mol. The quantitative estimate of drug-likeness (QED) is 0.773. The van der Waals surface area contributed by atoms with Gasteiger partial charge in [0.15, 0.2) is 0 Å². The van der Waals surface area contributed by atoms with Gasteiger partial charge in [-0.25, -0.2) is 0 Å². The van der Waals surface area contributed by atoms with Crippen LogP contribution >= 0.6 is 0 Å². The summed E-state index contributed by atoms with van der Waals surface area (Å²) in [6.45, 7) is 1.55. The Kier molecular flexibility index (Phi) is 3.04. The van der Waals surface area contributed by atoms with E-state index in [4.69, 9.17) is 4.74 Å². The molecule has 0 amide bonds. The number of nitrogens with zero attached hydrogens (tertiary/aromatic N) is 1. The number of aromatic nitrogens is 1. The third kappa shape index (κ3) is 2.19. The second-order valence-corrected chi connectivity index (χ2v) is 3.79. The highest BCUT2D eigenvalue weighted by Gasteiger charge is 2.05. The number of H-pyrrole nitrogens is 1. The lowest BCUT2D eigenvalue weighted by atomic mass is 10.2. The summed E-state index contributed by atoms with van der Waals surface area (Å²) in [7, 11) is 3.76. The molecule has 1 N–H and O–H groups in total. The molecular formula is C12H16N2O. The van der Waals surface area contributed by atoms with Crippen molar-refractivity contribution < 1.29 is 4.74 Å². The topological polar surface area (TPSA) is 28.3 Å². The standard InChI is InChI=1S/C12H16N2O/c1-14(9-15-2)8-10-7-13-12-6-4-3-5-11(10)12/h3-7,13H,8-9H2,1-2H3. The van der Waals surface area contributed by atoms with E-state index in [1.165, 1.54) is 16.5 Å². The van der Waals surface area contributed by atoms with Crippen LogP contribution in [0, 0.1) is 0 Å². The zero-order valence-electron chi connectivity index (χ0n) is 9.16. The molecule has 3 nitrogen and oxygen atoms in total. The Morgan fingerprint density at radius 2 is 2.13 bits per heavy atom. The molecule has 0 aliphatic carbocycles. The van der Waals surface area contributed by atoms with Crippen molar-refractivity contribution in [2.45, 2.75) is 6.54 Å². The van der Waals surface area contributed by atoms with Gasteiger partial charge in [0.25, 0.3) is 0 Å². The maximum Gasteiger partial charge on any atom is 0.0986 e. The highest BCUT2D eigenvalue weighted by Crippen LogP contribution is 2.18. The Balaban J connectivity index is 2.21. The highest BCUT2D eigenvalue weighted by atomic mass is 16.5. The number of rotatable bonds is 4. The third-order valence-electron chi connectivity index (χ3n) is 2.46. The van der Waals surface area contributed by atoms with E-state index in [0.717, 1.165) is 6.54 Å². The number of para-hydroxylation sites is 1. The minimum absolute atomic E-state index is 0.652. The number of hydrogen-bond donors (Lipinski definition) is 1. The van der Waals surface area contributed by atoms with Gasteiger partial charge in [-0.05, 0) is 18.7 Å². The summed E-state index contributed by atoms with van der Waals surface area (Å²) < 4.78 is 5.08. The second kappa shape index (κ2) is 4.47.